The number of rotatable bonds is 7. The molecular weight excluding hydrogens is 240 g/mol. The molecule has 0 radical (unpaired) electrons. The van der Waals surface area contributed by atoms with Crippen LogP contribution in [0.2, 0.25) is 0 Å². The molecule has 0 fully saturated rings. The molecule has 0 spiro atoms. The van der Waals surface area contributed by atoms with Crippen molar-refractivity contribution in [2.24, 2.45) is 0 Å². The first-order valence-corrected chi connectivity index (χ1v) is 6.86. The van der Waals surface area contributed by atoms with Crippen LogP contribution < -0.4 is 10.5 Å². The van der Waals surface area contributed by atoms with Gasteiger partial charge in [0.15, 0.2) is 0 Å². The Morgan fingerprint density at radius 1 is 1.42 bits per heavy atom. The van der Waals surface area contributed by atoms with Crippen LogP contribution in [0.1, 0.15) is 33.6 Å². The van der Waals surface area contributed by atoms with Gasteiger partial charge in [-0.2, -0.15) is 0 Å². The third-order valence-electron chi connectivity index (χ3n) is 3.23. The number of hydrogen-bond acceptors (Lipinski definition) is 3. The number of hydrogen-bond donors (Lipinski definition) is 1. The highest BCUT2D eigenvalue weighted by Gasteiger charge is 2.16. The lowest BCUT2D eigenvalue weighted by Gasteiger charge is -2.27. The van der Waals surface area contributed by atoms with Crippen molar-refractivity contribution in [2.75, 3.05) is 18.9 Å². The topological polar surface area (TPSA) is 55.6 Å². The van der Waals surface area contributed by atoms with E-state index < -0.39 is 0 Å². The first-order chi connectivity index (χ1) is 9.08. The first-order valence-electron chi connectivity index (χ1n) is 6.86. The van der Waals surface area contributed by atoms with Crippen LogP contribution in [0.5, 0.6) is 5.75 Å². The van der Waals surface area contributed by atoms with E-state index in [1.54, 1.807) is 12.1 Å². The average Bonchev–Trinajstić information content (AvgIpc) is 2.39. The maximum absolute atomic E-state index is 12.1. The number of benzene rings is 1. The highest BCUT2D eigenvalue weighted by molar-refractivity contribution is 5.76. The third-order valence-corrected chi connectivity index (χ3v) is 3.23. The Hall–Kier alpha value is -1.71. The molecule has 1 amide bonds. The van der Waals surface area contributed by atoms with Crippen LogP contribution in [-0.2, 0) is 4.79 Å². The molecule has 0 aliphatic rings. The second-order valence-corrected chi connectivity index (χ2v) is 4.61. The maximum atomic E-state index is 12.1. The van der Waals surface area contributed by atoms with Gasteiger partial charge in [0.25, 0.3) is 0 Å². The highest BCUT2D eigenvalue weighted by Crippen LogP contribution is 2.15. The standard InChI is InChI=1S/C15H24N2O2/c1-4-12(3)17(5-2)15(18)9-10-19-14-8-6-7-13(16)11-14/h6-8,11-12H,4-5,9-10,16H2,1-3H3. The molecule has 2 N–H and O–H groups in total. The number of anilines is 1. The van der Waals surface area contributed by atoms with Gasteiger partial charge in [-0.1, -0.05) is 13.0 Å². The number of carbonyl (C=O) groups excluding carboxylic acids is 1. The molecule has 1 aromatic rings. The van der Waals surface area contributed by atoms with Crippen molar-refractivity contribution in [3.8, 4) is 5.75 Å². The monoisotopic (exact) mass is 264 g/mol. The summed E-state index contributed by atoms with van der Waals surface area (Å²) in [7, 11) is 0. The molecule has 0 saturated carbocycles. The summed E-state index contributed by atoms with van der Waals surface area (Å²) in [6.45, 7) is 7.29. The highest BCUT2D eigenvalue weighted by atomic mass is 16.5. The van der Waals surface area contributed by atoms with Gasteiger partial charge in [0.2, 0.25) is 5.91 Å². The normalized spacial score (nSPS) is 11.9. The van der Waals surface area contributed by atoms with Gasteiger partial charge >= 0.3 is 0 Å². The minimum atomic E-state index is 0.140. The summed E-state index contributed by atoms with van der Waals surface area (Å²) in [6, 6.07) is 7.53. The molecule has 0 saturated heterocycles. The Balaban J connectivity index is 2.41. The lowest BCUT2D eigenvalue weighted by atomic mass is 10.2. The van der Waals surface area contributed by atoms with E-state index in [9.17, 15) is 4.79 Å². The fraction of sp³-hybridized carbons (Fsp3) is 0.533. The second kappa shape index (κ2) is 7.67. The van der Waals surface area contributed by atoms with Crippen LogP contribution in [-0.4, -0.2) is 30.0 Å². The number of nitrogen functional groups attached to an aromatic ring is 1. The van der Waals surface area contributed by atoms with E-state index >= 15 is 0 Å². The Bertz CT molecular complexity index is 407. The molecule has 4 heteroatoms. The first kappa shape index (κ1) is 15.3. The molecule has 1 aromatic carbocycles. The van der Waals surface area contributed by atoms with E-state index in [4.69, 9.17) is 10.5 Å². The molecule has 4 nitrogen and oxygen atoms in total. The van der Waals surface area contributed by atoms with Gasteiger partial charge in [-0.15, -0.1) is 0 Å². The van der Waals surface area contributed by atoms with Gasteiger partial charge < -0.3 is 15.4 Å². The van der Waals surface area contributed by atoms with Gasteiger partial charge in [0.05, 0.1) is 13.0 Å². The summed E-state index contributed by atoms with van der Waals surface area (Å²) < 4.78 is 5.54. The molecule has 1 rings (SSSR count). The van der Waals surface area contributed by atoms with Gasteiger partial charge in [-0.3, -0.25) is 4.79 Å². The molecular formula is C15H24N2O2. The van der Waals surface area contributed by atoms with Gasteiger partial charge in [0, 0.05) is 24.3 Å². The zero-order valence-corrected chi connectivity index (χ0v) is 12.1. The number of ether oxygens (including phenoxy) is 1. The Morgan fingerprint density at radius 2 is 2.16 bits per heavy atom. The molecule has 0 heterocycles. The molecule has 0 aliphatic carbocycles. The maximum Gasteiger partial charge on any atom is 0.226 e. The van der Waals surface area contributed by atoms with Crippen LogP contribution in [0.3, 0.4) is 0 Å². The summed E-state index contributed by atoms with van der Waals surface area (Å²) in [5, 5.41) is 0. The van der Waals surface area contributed by atoms with E-state index in [1.165, 1.54) is 0 Å². The van der Waals surface area contributed by atoms with E-state index in [2.05, 4.69) is 13.8 Å². The molecule has 19 heavy (non-hydrogen) atoms. The van der Waals surface area contributed by atoms with Crippen molar-refractivity contribution < 1.29 is 9.53 Å². The van der Waals surface area contributed by atoms with Crippen molar-refractivity contribution in [3.05, 3.63) is 24.3 Å². The Morgan fingerprint density at radius 3 is 2.74 bits per heavy atom. The summed E-state index contributed by atoms with van der Waals surface area (Å²) >= 11 is 0. The Kier molecular flexibility index (Phi) is 6.19. The zero-order valence-electron chi connectivity index (χ0n) is 12.1. The summed E-state index contributed by atoms with van der Waals surface area (Å²) in [5.41, 5.74) is 6.33. The smallest absolute Gasteiger partial charge is 0.226 e. The van der Waals surface area contributed by atoms with Crippen LogP contribution in [0, 0.1) is 0 Å². The third kappa shape index (κ3) is 4.81. The van der Waals surface area contributed by atoms with Crippen molar-refractivity contribution >= 4 is 11.6 Å². The van der Waals surface area contributed by atoms with Crippen molar-refractivity contribution in [3.63, 3.8) is 0 Å². The van der Waals surface area contributed by atoms with Crippen LogP contribution in [0.4, 0.5) is 5.69 Å². The average molecular weight is 264 g/mol. The lowest BCUT2D eigenvalue weighted by molar-refractivity contribution is -0.133. The lowest BCUT2D eigenvalue weighted by Crippen LogP contribution is -2.38. The van der Waals surface area contributed by atoms with Gasteiger partial charge in [0.1, 0.15) is 5.75 Å². The van der Waals surface area contributed by atoms with E-state index in [0.29, 0.717) is 24.5 Å². The van der Waals surface area contributed by atoms with Gasteiger partial charge in [-0.05, 0) is 32.4 Å². The number of carbonyl (C=O) groups is 1. The molecule has 0 aliphatic heterocycles. The Labute approximate surface area is 115 Å². The summed E-state index contributed by atoms with van der Waals surface area (Å²) in [6.07, 6.45) is 1.36. The van der Waals surface area contributed by atoms with Crippen molar-refractivity contribution in [1.82, 2.24) is 4.90 Å². The second-order valence-electron chi connectivity index (χ2n) is 4.61. The van der Waals surface area contributed by atoms with E-state index in [-0.39, 0.29) is 11.9 Å². The van der Waals surface area contributed by atoms with Crippen LogP contribution in [0.15, 0.2) is 24.3 Å². The van der Waals surface area contributed by atoms with E-state index in [1.807, 2.05) is 24.0 Å². The number of amides is 1. The number of nitrogens with zero attached hydrogens (tertiary/aromatic N) is 1. The van der Waals surface area contributed by atoms with Crippen LogP contribution >= 0.6 is 0 Å². The zero-order chi connectivity index (χ0) is 14.3. The predicted molar refractivity (Wildman–Crippen MR) is 78.1 cm³/mol. The molecule has 1 unspecified atom stereocenters. The molecule has 0 aromatic heterocycles. The predicted octanol–water partition coefficient (Wildman–Crippen LogP) is 2.68. The fourth-order valence-electron chi connectivity index (χ4n) is 1.96. The molecule has 1 atom stereocenters. The minimum absolute atomic E-state index is 0.140. The largest absolute Gasteiger partial charge is 0.493 e. The fourth-order valence-corrected chi connectivity index (χ4v) is 1.96. The SMILES string of the molecule is CCC(C)N(CC)C(=O)CCOc1cccc(N)c1. The van der Waals surface area contributed by atoms with E-state index in [0.717, 1.165) is 13.0 Å². The molecule has 0 bridgehead atoms. The summed E-state index contributed by atoms with van der Waals surface area (Å²) in [4.78, 5) is 13.9. The molecule has 106 valence electrons. The summed E-state index contributed by atoms with van der Waals surface area (Å²) in [5.74, 6) is 0.847. The number of nitrogens with two attached hydrogens (primary N) is 1. The van der Waals surface area contributed by atoms with Crippen molar-refractivity contribution in [1.29, 1.82) is 0 Å². The van der Waals surface area contributed by atoms with Gasteiger partial charge in [-0.25, -0.2) is 0 Å². The van der Waals surface area contributed by atoms with Crippen LogP contribution in [0.25, 0.3) is 0 Å². The minimum Gasteiger partial charge on any atom is -0.493 e. The quantitative estimate of drug-likeness (QED) is 0.770. The van der Waals surface area contributed by atoms with Crippen molar-refractivity contribution in [2.45, 2.75) is 39.7 Å².